The summed E-state index contributed by atoms with van der Waals surface area (Å²) < 4.78 is 12.7. The van der Waals surface area contributed by atoms with Gasteiger partial charge in [0.25, 0.3) is 11.8 Å². The second kappa shape index (κ2) is 6.95. The zero-order chi connectivity index (χ0) is 17.2. The van der Waals surface area contributed by atoms with Crippen LogP contribution in [0.1, 0.15) is 56.7 Å². The molecule has 0 unspecified atom stereocenters. The van der Waals surface area contributed by atoms with Crippen LogP contribution in [0, 0.1) is 0 Å². The molecule has 0 atom stereocenters. The third kappa shape index (κ3) is 3.73. The van der Waals surface area contributed by atoms with Crippen LogP contribution in [0.2, 0.25) is 0 Å². The van der Waals surface area contributed by atoms with Gasteiger partial charge in [0, 0.05) is 13.0 Å². The smallest absolute Gasteiger partial charge is 0.263 e. The Balaban J connectivity index is 1.41. The molecule has 4 rings (SSSR count). The monoisotopic (exact) mass is 345 g/mol. The summed E-state index contributed by atoms with van der Waals surface area (Å²) in [4.78, 5) is 16.7. The lowest BCUT2D eigenvalue weighted by Gasteiger charge is -2.21. The van der Waals surface area contributed by atoms with Crippen LogP contribution in [0.25, 0.3) is 11.5 Å². The van der Waals surface area contributed by atoms with E-state index < -0.39 is 0 Å². The van der Waals surface area contributed by atoms with E-state index in [0.29, 0.717) is 23.2 Å². The van der Waals surface area contributed by atoms with Gasteiger partial charge in [-0.3, -0.25) is 9.48 Å². The quantitative estimate of drug-likeness (QED) is 0.865. The van der Waals surface area contributed by atoms with E-state index in [4.69, 9.17) is 9.26 Å². The fraction of sp³-hybridized carbons (Fsp3) is 0.647. The number of amides is 1. The Morgan fingerprint density at radius 2 is 2.12 bits per heavy atom. The predicted molar refractivity (Wildman–Crippen MR) is 89.9 cm³/mol. The van der Waals surface area contributed by atoms with Gasteiger partial charge in [-0.05, 0) is 25.7 Å². The highest BCUT2D eigenvalue weighted by atomic mass is 16.5. The summed E-state index contributed by atoms with van der Waals surface area (Å²) in [7, 11) is 1.76. The third-order valence-corrected chi connectivity index (χ3v) is 4.81. The molecule has 0 aliphatic heterocycles. The van der Waals surface area contributed by atoms with E-state index in [1.54, 1.807) is 17.9 Å². The summed E-state index contributed by atoms with van der Waals surface area (Å²) >= 11 is 0. The minimum Gasteiger partial charge on any atom is -0.368 e. The maximum absolute atomic E-state index is 12.3. The van der Waals surface area contributed by atoms with Crippen LogP contribution in [-0.4, -0.2) is 38.5 Å². The summed E-state index contributed by atoms with van der Waals surface area (Å²) in [5.74, 6) is 1.88. The van der Waals surface area contributed by atoms with Gasteiger partial charge in [-0.2, -0.15) is 10.1 Å². The Labute approximate surface area is 145 Å². The van der Waals surface area contributed by atoms with Crippen molar-refractivity contribution in [1.29, 1.82) is 0 Å². The summed E-state index contributed by atoms with van der Waals surface area (Å²) in [5, 5.41) is 11.1. The molecule has 0 bridgehead atoms. The van der Waals surface area contributed by atoms with Crippen molar-refractivity contribution in [3.8, 4) is 11.5 Å². The third-order valence-electron chi connectivity index (χ3n) is 4.81. The molecule has 1 amide bonds. The Morgan fingerprint density at radius 3 is 2.88 bits per heavy atom. The average molecular weight is 345 g/mol. The fourth-order valence-electron chi connectivity index (χ4n) is 3.19. The molecule has 0 radical (unpaired) electrons. The molecule has 2 aliphatic carbocycles. The number of nitrogens with zero attached hydrogens (tertiary/aromatic N) is 4. The average Bonchev–Trinajstić information content (AvgIpc) is 3.26. The van der Waals surface area contributed by atoms with E-state index >= 15 is 0 Å². The highest BCUT2D eigenvalue weighted by Crippen LogP contribution is 2.39. The molecule has 8 nitrogen and oxygen atoms in total. The molecule has 0 spiro atoms. The van der Waals surface area contributed by atoms with Crippen molar-refractivity contribution in [1.82, 2.24) is 19.9 Å². The first-order chi connectivity index (χ1) is 12.2. The minimum absolute atomic E-state index is 0.0481. The summed E-state index contributed by atoms with van der Waals surface area (Å²) in [6, 6.07) is 0. The Kier molecular flexibility index (Phi) is 4.52. The first-order valence-electron chi connectivity index (χ1n) is 8.98. The maximum atomic E-state index is 12.3. The first kappa shape index (κ1) is 16.3. The summed E-state index contributed by atoms with van der Waals surface area (Å²) in [5.41, 5.74) is 0.632. The number of aryl methyl sites for hydroxylation is 1. The number of hydrogen-bond donors (Lipinski definition) is 1. The van der Waals surface area contributed by atoms with E-state index in [9.17, 15) is 4.79 Å². The molecule has 2 fully saturated rings. The number of rotatable bonds is 6. The highest BCUT2D eigenvalue weighted by Gasteiger charge is 2.30. The standard InChI is InChI=1S/C17H23N5O3/c1-22-16(19-14(23)10-24-12-5-3-2-4-6-12)13(9-18-22)17-20-15(21-25-17)11-7-8-11/h9,11-12H,2-8,10H2,1H3,(H,19,23). The van der Waals surface area contributed by atoms with Gasteiger partial charge >= 0.3 is 0 Å². The van der Waals surface area contributed by atoms with Crippen molar-refractivity contribution in [3.05, 3.63) is 12.0 Å². The van der Waals surface area contributed by atoms with Gasteiger partial charge < -0.3 is 14.6 Å². The summed E-state index contributed by atoms with van der Waals surface area (Å²) in [6.45, 7) is 0.0481. The fourth-order valence-corrected chi connectivity index (χ4v) is 3.19. The number of carbonyl (C=O) groups is 1. The number of aromatic nitrogens is 4. The van der Waals surface area contributed by atoms with Gasteiger partial charge in [-0.15, -0.1) is 0 Å². The molecular formula is C17H23N5O3. The lowest BCUT2D eigenvalue weighted by atomic mass is 9.98. The molecule has 0 saturated heterocycles. The van der Waals surface area contributed by atoms with Crippen molar-refractivity contribution < 1.29 is 14.1 Å². The van der Waals surface area contributed by atoms with Gasteiger partial charge in [0.15, 0.2) is 5.82 Å². The molecule has 2 aliphatic rings. The van der Waals surface area contributed by atoms with Crippen LogP contribution in [0.15, 0.2) is 10.7 Å². The van der Waals surface area contributed by atoms with Crippen molar-refractivity contribution in [2.75, 3.05) is 11.9 Å². The number of nitrogens with one attached hydrogen (secondary N) is 1. The predicted octanol–water partition coefficient (Wildman–Crippen LogP) is 2.64. The Morgan fingerprint density at radius 1 is 1.32 bits per heavy atom. The number of hydrogen-bond acceptors (Lipinski definition) is 6. The number of ether oxygens (including phenoxy) is 1. The first-order valence-corrected chi connectivity index (χ1v) is 8.98. The molecule has 0 aromatic carbocycles. The number of anilines is 1. The molecule has 8 heteroatoms. The summed E-state index contributed by atoms with van der Waals surface area (Å²) in [6.07, 6.45) is 9.73. The minimum atomic E-state index is -0.197. The van der Waals surface area contributed by atoms with Crippen LogP contribution < -0.4 is 5.32 Å². The molecule has 2 aromatic rings. The lowest BCUT2D eigenvalue weighted by molar-refractivity contribution is -0.123. The molecule has 2 heterocycles. The topological polar surface area (TPSA) is 95.1 Å². The van der Waals surface area contributed by atoms with Crippen LogP contribution in [0.3, 0.4) is 0 Å². The maximum Gasteiger partial charge on any atom is 0.263 e. The zero-order valence-corrected chi connectivity index (χ0v) is 14.4. The van der Waals surface area contributed by atoms with Crippen LogP contribution in [0.5, 0.6) is 0 Å². The van der Waals surface area contributed by atoms with E-state index in [2.05, 4.69) is 20.6 Å². The van der Waals surface area contributed by atoms with Gasteiger partial charge in [-0.1, -0.05) is 24.4 Å². The van der Waals surface area contributed by atoms with Crippen molar-refractivity contribution in [2.45, 2.75) is 57.0 Å². The SMILES string of the molecule is Cn1ncc(-c2nc(C3CC3)no2)c1NC(=O)COC1CCCCC1. The molecule has 25 heavy (non-hydrogen) atoms. The lowest BCUT2D eigenvalue weighted by Crippen LogP contribution is -2.25. The van der Waals surface area contributed by atoms with Gasteiger partial charge in [0.1, 0.15) is 18.0 Å². The van der Waals surface area contributed by atoms with Crippen LogP contribution in [0.4, 0.5) is 5.82 Å². The van der Waals surface area contributed by atoms with E-state index in [-0.39, 0.29) is 18.6 Å². The highest BCUT2D eigenvalue weighted by molar-refractivity contribution is 5.94. The van der Waals surface area contributed by atoms with E-state index in [0.717, 1.165) is 31.5 Å². The van der Waals surface area contributed by atoms with E-state index in [1.165, 1.54) is 19.3 Å². The Bertz CT molecular complexity index is 743. The second-order valence-electron chi connectivity index (χ2n) is 6.88. The largest absolute Gasteiger partial charge is 0.368 e. The van der Waals surface area contributed by atoms with Crippen LogP contribution in [-0.2, 0) is 16.6 Å². The molecule has 1 N–H and O–H groups in total. The molecular weight excluding hydrogens is 322 g/mol. The number of carbonyl (C=O) groups excluding carboxylic acids is 1. The second-order valence-corrected chi connectivity index (χ2v) is 6.88. The molecule has 2 aromatic heterocycles. The van der Waals surface area contributed by atoms with Gasteiger partial charge in [-0.25, -0.2) is 0 Å². The van der Waals surface area contributed by atoms with Crippen molar-refractivity contribution in [2.24, 2.45) is 7.05 Å². The van der Waals surface area contributed by atoms with Crippen LogP contribution >= 0.6 is 0 Å². The Hall–Kier alpha value is -2.22. The zero-order valence-electron chi connectivity index (χ0n) is 14.4. The normalized spacial score (nSPS) is 18.4. The van der Waals surface area contributed by atoms with Crippen molar-refractivity contribution in [3.63, 3.8) is 0 Å². The van der Waals surface area contributed by atoms with Crippen molar-refractivity contribution >= 4 is 11.7 Å². The van der Waals surface area contributed by atoms with Gasteiger partial charge in [0.2, 0.25) is 0 Å². The van der Waals surface area contributed by atoms with Gasteiger partial charge in [0.05, 0.1) is 12.3 Å². The molecule has 2 saturated carbocycles. The molecule has 134 valence electrons. The van der Waals surface area contributed by atoms with E-state index in [1.807, 2.05) is 0 Å².